The van der Waals surface area contributed by atoms with Crippen LogP contribution in [0.15, 0.2) is 18.2 Å². The molecule has 0 bridgehead atoms. The van der Waals surface area contributed by atoms with Gasteiger partial charge in [0.1, 0.15) is 5.82 Å². The van der Waals surface area contributed by atoms with Gasteiger partial charge in [0.25, 0.3) is 0 Å². The third-order valence-electron chi connectivity index (χ3n) is 3.05. The topological polar surface area (TPSA) is 12.0 Å². The van der Waals surface area contributed by atoms with E-state index >= 15 is 0 Å². The Bertz CT molecular complexity index is 426. The zero-order valence-corrected chi connectivity index (χ0v) is 12.0. The molecule has 0 fully saturated rings. The number of halogens is 4. The van der Waals surface area contributed by atoms with Gasteiger partial charge in [-0.25, -0.2) is 4.39 Å². The second-order valence-electron chi connectivity index (χ2n) is 5.37. The fourth-order valence-electron chi connectivity index (χ4n) is 2.11. The maximum atomic E-state index is 13.6. The summed E-state index contributed by atoms with van der Waals surface area (Å²) in [5.74, 6) is -0.836. The predicted octanol–water partition coefficient (Wildman–Crippen LogP) is 4.93. The molecule has 0 radical (unpaired) electrons. The fourth-order valence-corrected chi connectivity index (χ4v) is 2.11. The molecule has 1 nitrogen and oxygen atoms in total. The number of alkyl halides is 3. The number of benzene rings is 1. The first kappa shape index (κ1) is 17.0. The molecule has 1 rings (SSSR count). The summed E-state index contributed by atoms with van der Waals surface area (Å²) < 4.78 is 51.2. The van der Waals surface area contributed by atoms with Gasteiger partial charge in [0.2, 0.25) is 0 Å². The van der Waals surface area contributed by atoms with Crippen molar-refractivity contribution < 1.29 is 17.6 Å². The molecule has 0 saturated heterocycles. The lowest BCUT2D eigenvalue weighted by molar-refractivity contribution is -0.140. The highest BCUT2D eigenvalue weighted by molar-refractivity contribution is 5.28. The van der Waals surface area contributed by atoms with Crippen molar-refractivity contribution in [1.29, 1.82) is 0 Å². The summed E-state index contributed by atoms with van der Waals surface area (Å²) in [6, 6.07) is 3.07. The van der Waals surface area contributed by atoms with Crippen molar-refractivity contribution in [3.63, 3.8) is 0 Å². The Balaban J connectivity index is 2.99. The van der Waals surface area contributed by atoms with Gasteiger partial charge in [0.05, 0.1) is 5.56 Å². The summed E-state index contributed by atoms with van der Waals surface area (Å²) in [5, 5.41) is 3.25. The number of rotatable bonds is 6. The summed E-state index contributed by atoms with van der Waals surface area (Å²) in [6.45, 7) is 6.81. The smallest absolute Gasteiger partial charge is 0.310 e. The molecular formula is C15H21F4N. The van der Waals surface area contributed by atoms with Gasteiger partial charge in [-0.2, -0.15) is 13.2 Å². The van der Waals surface area contributed by atoms with E-state index in [-0.39, 0.29) is 6.04 Å². The average molecular weight is 291 g/mol. The van der Waals surface area contributed by atoms with Crippen LogP contribution in [0.5, 0.6) is 0 Å². The van der Waals surface area contributed by atoms with Crippen LogP contribution in [0.25, 0.3) is 0 Å². The van der Waals surface area contributed by atoms with E-state index in [0.717, 1.165) is 31.5 Å². The van der Waals surface area contributed by atoms with Crippen LogP contribution in [0.3, 0.4) is 0 Å². The van der Waals surface area contributed by atoms with Crippen LogP contribution in [0.4, 0.5) is 17.6 Å². The Hall–Kier alpha value is -1.10. The van der Waals surface area contributed by atoms with Gasteiger partial charge in [0.15, 0.2) is 0 Å². The van der Waals surface area contributed by atoms with Gasteiger partial charge in [0, 0.05) is 6.04 Å². The van der Waals surface area contributed by atoms with Crippen molar-refractivity contribution in [1.82, 2.24) is 5.32 Å². The van der Waals surface area contributed by atoms with Crippen molar-refractivity contribution in [2.45, 2.75) is 45.8 Å². The lowest BCUT2D eigenvalue weighted by Gasteiger charge is -2.21. The molecule has 1 unspecified atom stereocenters. The first-order valence-electron chi connectivity index (χ1n) is 6.85. The zero-order valence-electron chi connectivity index (χ0n) is 12.0. The zero-order chi connectivity index (χ0) is 15.3. The van der Waals surface area contributed by atoms with Crippen molar-refractivity contribution >= 4 is 0 Å². The van der Waals surface area contributed by atoms with Crippen molar-refractivity contribution in [3.8, 4) is 0 Å². The van der Waals surface area contributed by atoms with Crippen LogP contribution in [-0.4, -0.2) is 6.54 Å². The van der Waals surface area contributed by atoms with Crippen molar-refractivity contribution in [2.24, 2.45) is 5.92 Å². The molecule has 0 spiro atoms. The highest BCUT2D eigenvalue weighted by atomic mass is 19.4. The third kappa shape index (κ3) is 4.78. The molecule has 5 heteroatoms. The molecule has 0 amide bonds. The fraction of sp³-hybridized carbons (Fsp3) is 0.600. The molecule has 0 aliphatic heterocycles. The van der Waals surface area contributed by atoms with Gasteiger partial charge >= 0.3 is 6.18 Å². The van der Waals surface area contributed by atoms with E-state index in [2.05, 4.69) is 5.32 Å². The van der Waals surface area contributed by atoms with E-state index in [4.69, 9.17) is 0 Å². The van der Waals surface area contributed by atoms with E-state index < -0.39 is 17.6 Å². The SMILES string of the molecule is CCCNC(CC(C)C)c1ccc(C(F)(F)F)c(F)c1. The quantitative estimate of drug-likeness (QED) is 0.733. The van der Waals surface area contributed by atoms with Gasteiger partial charge in [-0.05, 0) is 43.0 Å². The van der Waals surface area contributed by atoms with Crippen LogP contribution in [0.2, 0.25) is 0 Å². The number of hydrogen-bond acceptors (Lipinski definition) is 1. The maximum absolute atomic E-state index is 13.6. The molecule has 0 aliphatic carbocycles. The van der Waals surface area contributed by atoms with Crippen LogP contribution in [0, 0.1) is 11.7 Å². The largest absolute Gasteiger partial charge is 0.419 e. The van der Waals surface area contributed by atoms with Gasteiger partial charge in [-0.15, -0.1) is 0 Å². The first-order valence-corrected chi connectivity index (χ1v) is 6.85. The Morgan fingerprint density at radius 1 is 1.20 bits per heavy atom. The molecule has 114 valence electrons. The summed E-state index contributed by atoms with van der Waals surface area (Å²) in [5.41, 5.74) is -0.641. The second kappa shape index (κ2) is 7.07. The summed E-state index contributed by atoms with van der Waals surface area (Å²) in [4.78, 5) is 0. The molecule has 0 aromatic heterocycles. The predicted molar refractivity (Wildman–Crippen MR) is 71.9 cm³/mol. The Morgan fingerprint density at radius 2 is 1.85 bits per heavy atom. The molecular weight excluding hydrogens is 270 g/mol. The van der Waals surface area contributed by atoms with Crippen molar-refractivity contribution in [3.05, 3.63) is 35.1 Å². The minimum absolute atomic E-state index is 0.119. The highest BCUT2D eigenvalue weighted by Gasteiger charge is 2.34. The maximum Gasteiger partial charge on any atom is 0.419 e. The molecule has 0 aliphatic rings. The Kier molecular flexibility index (Phi) is 5.99. The molecule has 1 atom stereocenters. The molecule has 1 aromatic rings. The monoisotopic (exact) mass is 291 g/mol. The van der Waals surface area contributed by atoms with E-state index in [1.165, 1.54) is 6.07 Å². The second-order valence-corrected chi connectivity index (χ2v) is 5.37. The average Bonchev–Trinajstić information content (AvgIpc) is 2.32. The third-order valence-corrected chi connectivity index (χ3v) is 3.05. The minimum Gasteiger partial charge on any atom is -0.310 e. The van der Waals surface area contributed by atoms with Crippen LogP contribution in [-0.2, 0) is 6.18 Å². The lowest BCUT2D eigenvalue weighted by Crippen LogP contribution is -2.24. The van der Waals surface area contributed by atoms with E-state index in [0.29, 0.717) is 11.5 Å². The summed E-state index contributed by atoms with van der Waals surface area (Å²) >= 11 is 0. The standard InChI is InChI=1S/C15H21F4N/c1-4-7-20-14(8-10(2)3)11-5-6-12(13(16)9-11)15(17,18)19/h5-6,9-10,14,20H,4,7-8H2,1-3H3. The molecule has 1 N–H and O–H groups in total. The molecule has 0 saturated carbocycles. The van der Waals surface area contributed by atoms with Crippen molar-refractivity contribution in [2.75, 3.05) is 6.54 Å². The normalized spacial score (nSPS) is 13.8. The van der Waals surface area contributed by atoms with Gasteiger partial charge in [-0.1, -0.05) is 26.8 Å². The van der Waals surface area contributed by atoms with Crippen LogP contribution >= 0.6 is 0 Å². The van der Waals surface area contributed by atoms with Gasteiger partial charge < -0.3 is 5.32 Å². The van der Waals surface area contributed by atoms with Crippen LogP contribution < -0.4 is 5.32 Å². The summed E-state index contributed by atoms with van der Waals surface area (Å²) in [6.07, 6.45) is -2.98. The molecule has 20 heavy (non-hydrogen) atoms. The molecule has 0 heterocycles. The Labute approximate surface area is 117 Å². The van der Waals surface area contributed by atoms with E-state index in [9.17, 15) is 17.6 Å². The summed E-state index contributed by atoms with van der Waals surface area (Å²) in [7, 11) is 0. The number of hydrogen-bond donors (Lipinski definition) is 1. The number of nitrogens with one attached hydrogen (secondary N) is 1. The van der Waals surface area contributed by atoms with Gasteiger partial charge in [-0.3, -0.25) is 0 Å². The minimum atomic E-state index is -4.65. The molecule has 1 aromatic carbocycles. The van der Waals surface area contributed by atoms with E-state index in [1.807, 2.05) is 20.8 Å². The van der Waals surface area contributed by atoms with E-state index in [1.54, 1.807) is 0 Å². The Morgan fingerprint density at radius 3 is 2.30 bits per heavy atom. The highest BCUT2D eigenvalue weighted by Crippen LogP contribution is 2.33. The first-order chi connectivity index (χ1) is 9.25. The van der Waals surface area contributed by atoms with Crippen LogP contribution in [0.1, 0.15) is 50.8 Å². The lowest BCUT2D eigenvalue weighted by atomic mass is 9.95.